The molecule has 1 heterocycles. The maximum absolute atomic E-state index is 5.84. The van der Waals surface area contributed by atoms with Crippen LogP contribution in [0.15, 0.2) is 24.3 Å². The Morgan fingerprint density at radius 1 is 1.19 bits per heavy atom. The Balaban J connectivity index is 2.02. The number of ether oxygens (including phenoxy) is 1. The van der Waals surface area contributed by atoms with E-state index in [2.05, 4.69) is 24.2 Å². The van der Waals surface area contributed by atoms with E-state index in [0.29, 0.717) is 13.2 Å². The molecule has 0 radical (unpaired) electrons. The smallest absolute Gasteiger partial charge is 0.132 e. The molecular formula is C16H24N4O. The third kappa shape index (κ3) is 4.29. The highest BCUT2D eigenvalue weighted by Gasteiger charge is 2.12. The van der Waals surface area contributed by atoms with E-state index in [9.17, 15) is 0 Å². The third-order valence-electron chi connectivity index (χ3n) is 3.48. The molecule has 114 valence electrons. The molecule has 0 spiro atoms. The first kappa shape index (κ1) is 15.5. The lowest BCUT2D eigenvalue weighted by Gasteiger charge is -2.10. The standard InChI is InChI=1S/C16H24N4O/c1-3-4-5-10-20-16(15(11-17)18-19-20)12-21-14-8-6-13(2)7-9-14/h6-9H,3-5,10-12,17H2,1-2H3. The zero-order chi connectivity index (χ0) is 15.1. The molecule has 0 aliphatic rings. The predicted octanol–water partition coefficient (Wildman–Crippen LogP) is 2.81. The minimum absolute atomic E-state index is 0.389. The second-order valence-corrected chi connectivity index (χ2v) is 5.22. The lowest BCUT2D eigenvalue weighted by molar-refractivity contribution is 0.289. The zero-order valence-electron chi connectivity index (χ0n) is 12.9. The van der Waals surface area contributed by atoms with Gasteiger partial charge in [-0.15, -0.1) is 5.10 Å². The van der Waals surface area contributed by atoms with E-state index in [1.807, 2.05) is 28.9 Å². The molecule has 0 atom stereocenters. The van der Waals surface area contributed by atoms with Crippen LogP contribution in [0.4, 0.5) is 0 Å². The van der Waals surface area contributed by atoms with Gasteiger partial charge in [0, 0.05) is 13.1 Å². The van der Waals surface area contributed by atoms with E-state index in [4.69, 9.17) is 10.5 Å². The number of aromatic nitrogens is 3. The summed E-state index contributed by atoms with van der Waals surface area (Å²) in [6.07, 6.45) is 3.48. The minimum Gasteiger partial charge on any atom is -0.487 e. The molecule has 2 aromatic rings. The number of hydrogen-bond acceptors (Lipinski definition) is 4. The van der Waals surface area contributed by atoms with Crippen molar-refractivity contribution in [2.75, 3.05) is 0 Å². The minimum atomic E-state index is 0.389. The van der Waals surface area contributed by atoms with Gasteiger partial charge in [-0.1, -0.05) is 42.7 Å². The van der Waals surface area contributed by atoms with Crippen molar-refractivity contribution in [1.29, 1.82) is 0 Å². The molecule has 0 saturated carbocycles. The Hall–Kier alpha value is -1.88. The number of aryl methyl sites for hydroxylation is 2. The lowest BCUT2D eigenvalue weighted by atomic mass is 10.2. The summed E-state index contributed by atoms with van der Waals surface area (Å²) in [5.74, 6) is 0.852. The first-order valence-corrected chi connectivity index (χ1v) is 7.55. The van der Waals surface area contributed by atoms with E-state index in [0.717, 1.165) is 30.1 Å². The summed E-state index contributed by atoms with van der Waals surface area (Å²) in [6.45, 7) is 5.96. The van der Waals surface area contributed by atoms with Crippen molar-refractivity contribution in [3.63, 3.8) is 0 Å². The van der Waals surface area contributed by atoms with Crippen LogP contribution in [0.5, 0.6) is 5.75 Å². The first-order chi connectivity index (χ1) is 10.2. The van der Waals surface area contributed by atoms with Crippen LogP contribution in [0.2, 0.25) is 0 Å². The maximum atomic E-state index is 5.84. The van der Waals surface area contributed by atoms with Gasteiger partial charge in [-0.05, 0) is 25.5 Å². The van der Waals surface area contributed by atoms with Gasteiger partial charge >= 0.3 is 0 Å². The van der Waals surface area contributed by atoms with Gasteiger partial charge in [0.1, 0.15) is 23.7 Å². The molecule has 0 fully saturated rings. The van der Waals surface area contributed by atoms with Crippen LogP contribution in [0.3, 0.4) is 0 Å². The van der Waals surface area contributed by atoms with E-state index in [1.54, 1.807) is 0 Å². The normalized spacial score (nSPS) is 10.8. The molecule has 1 aromatic heterocycles. The van der Waals surface area contributed by atoms with Gasteiger partial charge in [0.05, 0.1) is 0 Å². The average Bonchev–Trinajstić information content (AvgIpc) is 2.89. The molecule has 0 unspecified atom stereocenters. The van der Waals surface area contributed by atoms with Crippen molar-refractivity contribution in [2.45, 2.75) is 52.8 Å². The van der Waals surface area contributed by atoms with Crippen molar-refractivity contribution >= 4 is 0 Å². The van der Waals surface area contributed by atoms with Crippen LogP contribution < -0.4 is 10.5 Å². The summed E-state index contributed by atoms with van der Waals surface area (Å²) in [6, 6.07) is 8.03. The van der Waals surface area contributed by atoms with Crippen molar-refractivity contribution in [3.05, 3.63) is 41.2 Å². The molecular weight excluding hydrogens is 264 g/mol. The number of unbranched alkanes of at least 4 members (excludes halogenated alkanes) is 2. The van der Waals surface area contributed by atoms with Gasteiger partial charge in [0.25, 0.3) is 0 Å². The SMILES string of the molecule is CCCCCn1nnc(CN)c1COc1ccc(C)cc1. The van der Waals surface area contributed by atoms with Crippen LogP contribution in [0, 0.1) is 6.92 Å². The summed E-state index contributed by atoms with van der Waals surface area (Å²) in [7, 11) is 0. The summed E-state index contributed by atoms with van der Waals surface area (Å²) in [5.41, 5.74) is 8.75. The summed E-state index contributed by atoms with van der Waals surface area (Å²) in [4.78, 5) is 0. The van der Waals surface area contributed by atoms with Crippen molar-refractivity contribution in [3.8, 4) is 5.75 Å². The average molecular weight is 288 g/mol. The van der Waals surface area contributed by atoms with E-state index in [-0.39, 0.29) is 0 Å². The molecule has 0 aliphatic heterocycles. The predicted molar refractivity (Wildman–Crippen MR) is 82.9 cm³/mol. The number of hydrogen-bond donors (Lipinski definition) is 1. The van der Waals surface area contributed by atoms with Gasteiger partial charge in [-0.3, -0.25) is 0 Å². The first-order valence-electron chi connectivity index (χ1n) is 7.55. The van der Waals surface area contributed by atoms with Gasteiger partial charge in [0.15, 0.2) is 0 Å². The molecule has 2 N–H and O–H groups in total. The highest BCUT2D eigenvalue weighted by atomic mass is 16.5. The zero-order valence-corrected chi connectivity index (χ0v) is 12.9. The Kier molecular flexibility index (Phi) is 5.75. The lowest BCUT2D eigenvalue weighted by Crippen LogP contribution is -2.11. The van der Waals surface area contributed by atoms with Gasteiger partial charge in [0.2, 0.25) is 0 Å². The molecule has 1 aromatic carbocycles. The Labute approximate surface area is 126 Å². The van der Waals surface area contributed by atoms with E-state index < -0.39 is 0 Å². The fourth-order valence-electron chi connectivity index (χ4n) is 2.16. The van der Waals surface area contributed by atoms with Gasteiger partial charge < -0.3 is 10.5 Å². The number of nitrogens with two attached hydrogens (primary N) is 1. The van der Waals surface area contributed by atoms with Crippen molar-refractivity contribution in [1.82, 2.24) is 15.0 Å². The Morgan fingerprint density at radius 2 is 1.95 bits per heavy atom. The highest BCUT2D eigenvalue weighted by molar-refractivity contribution is 5.26. The van der Waals surface area contributed by atoms with Crippen LogP contribution in [0.1, 0.15) is 43.1 Å². The van der Waals surface area contributed by atoms with Crippen LogP contribution in [0.25, 0.3) is 0 Å². The molecule has 0 amide bonds. The number of benzene rings is 1. The fourth-order valence-corrected chi connectivity index (χ4v) is 2.16. The summed E-state index contributed by atoms with van der Waals surface area (Å²) >= 11 is 0. The second kappa shape index (κ2) is 7.78. The van der Waals surface area contributed by atoms with Crippen LogP contribution in [-0.4, -0.2) is 15.0 Å². The topological polar surface area (TPSA) is 66.0 Å². The molecule has 0 bridgehead atoms. The molecule has 2 rings (SSSR count). The quantitative estimate of drug-likeness (QED) is 0.759. The maximum Gasteiger partial charge on any atom is 0.132 e. The Bertz CT molecular complexity index is 548. The van der Waals surface area contributed by atoms with Crippen LogP contribution >= 0.6 is 0 Å². The van der Waals surface area contributed by atoms with Crippen LogP contribution in [-0.2, 0) is 19.7 Å². The fraction of sp³-hybridized carbons (Fsp3) is 0.500. The second-order valence-electron chi connectivity index (χ2n) is 5.22. The molecule has 5 nitrogen and oxygen atoms in total. The van der Waals surface area contributed by atoms with E-state index in [1.165, 1.54) is 18.4 Å². The van der Waals surface area contributed by atoms with Gasteiger partial charge in [-0.25, -0.2) is 4.68 Å². The number of rotatable bonds is 8. The Morgan fingerprint density at radius 3 is 2.62 bits per heavy atom. The van der Waals surface area contributed by atoms with Crippen molar-refractivity contribution in [2.24, 2.45) is 5.73 Å². The molecule has 21 heavy (non-hydrogen) atoms. The molecule has 0 saturated heterocycles. The summed E-state index contributed by atoms with van der Waals surface area (Å²) < 4.78 is 7.76. The monoisotopic (exact) mass is 288 g/mol. The summed E-state index contributed by atoms with van der Waals surface area (Å²) in [5, 5.41) is 8.34. The molecule has 5 heteroatoms. The van der Waals surface area contributed by atoms with Gasteiger partial charge in [-0.2, -0.15) is 0 Å². The molecule has 0 aliphatic carbocycles. The largest absolute Gasteiger partial charge is 0.487 e. The highest BCUT2D eigenvalue weighted by Crippen LogP contribution is 2.15. The number of nitrogens with zero attached hydrogens (tertiary/aromatic N) is 3. The van der Waals surface area contributed by atoms with Crippen molar-refractivity contribution < 1.29 is 4.74 Å². The van der Waals surface area contributed by atoms with E-state index >= 15 is 0 Å². The third-order valence-corrected chi connectivity index (χ3v) is 3.48.